The van der Waals surface area contributed by atoms with Gasteiger partial charge >= 0.3 is 0 Å². The standard InChI is InChI=1S/C56H35NO2/c1-3-16-44-37(11-1)13-10-20-45(44)40-14-9-15-43(33-40)57(42-28-23-36(24-29-42)39-26-30-49-48-19-6-8-22-53(48)58-55(49)35-39)52-21-7-5-17-46(52)41-27-32-54-51(34-41)50-31-25-38-12-2-4-18-47(38)56(50)59-54/h1-35H. The van der Waals surface area contributed by atoms with Gasteiger partial charge in [0.2, 0.25) is 0 Å². The van der Waals surface area contributed by atoms with Crippen LogP contribution in [0.1, 0.15) is 0 Å². The lowest BCUT2D eigenvalue weighted by molar-refractivity contribution is 0.669. The second-order valence-corrected chi connectivity index (χ2v) is 15.3. The van der Waals surface area contributed by atoms with Gasteiger partial charge in [0.1, 0.15) is 22.3 Å². The normalized spacial score (nSPS) is 11.7. The minimum atomic E-state index is 0.883. The van der Waals surface area contributed by atoms with Gasteiger partial charge in [-0.25, -0.2) is 0 Å². The average molecular weight is 754 g/mol. The number of furan rings is 2. The first-order chi connectivity index (χ1) is 29.2. The molecular formula is C56H35NO2. The van der Waals surface area contributed by atoms with E-state index in [0.717, 1.165) is 94.1 Å². The molecule has 0 fully saturated rings. The van der Waals surface area contributed by atoms with E-state index in [0.29, 0.717) is 0 Å². The molecule has 59 heavy (non-hydrogen) atoms. The number of fused-ring (bicyclic) bond motifs is 9. The Balaban J connectivity index is 1.01. The number of para-hydroxylation sites is 2. The van der Waals surface area contributed by atoms with E-state index in [-0.39, 0.29) is 0 Å². The van der Waals surface area contributed by atoms with Crippen LogP contribution in [0.3, 0.4) is 0 Å². The van der Waals surface area contributed by atoms with E-state index in [1.165, 1.54) is 21.7 Å². The third-order valence-electron chi connectivity index (χ3n) is 11.9. The molecular weight excluding hydrogens is 719 g/mol. The molecule has 0 N–H and O–H groups in total. The molecule has 3 heteroatoms. The van der Waals surface area contributed by atoms with E-state index < -0.39 is 0 Å². The lowest BCUT2D eigenvalue weighted by Crippen LogP contribution is -2.11. The molecule has 12 rings (SSSR count). The summed E-state index contributed by atoms with van der Waals surface area (Å²) in [7, 11) is 0. The highest BCUT2D eigenvalue weighted by Crippen LogP contribution is 2.45. The van der Waals surface area contributed by atoms with E-state index in [9.17, 15) is 0 Å². The molecule has 10 aromatic carbocycles. The summed E-state index contributed by atoms with van der Waals surface area (Å²) in [5, 5.41) is 9.25. The first-order valence-electron chi connectivity index (χ1n) is 20.1. The van der Waals surface area contributed by atoms with E-state index in [4.69, 9.17) is 8.83 Å². The van der Waals surface area contributed by atoms with Crippen LogP contribution in [-0.2, 0) is 0 Å². The van der Waals surface area contributed by atoms with Crippen molar-refractivity contribution in [3.8, 4) is 33.4 Å². The van der Waals surface area contributed by atoms with Crippen molar-refractivity contribution in [2.45, 2.75) is 0 Å². The number of hydrogen-bond acceptors (Lipinski definition) is 3. The molecule has 0 bridgehead atoms. The molecule has 0 saturated heterocycles. The molecule has 0 radical (unpaired) electrons. The summed E-state index contributed by atoms with van der Waals surface area (Å²) in [5.41, 5.74) is 13.7. The minimum Gasteiger partial charge on any atom is -0.456 e. The van der Waals surface area contributed by atoms with Gasteiger partial charge in [0.25, 0.3) is 0 Å². The lowest BCUT2D eigenvalue weighted by Gasteiger charge is -2.28. The second-order valence-electron chi connectivity index (χ2n) is 15.3. The van der Waals surface area contributed by atoms with Crippen molar-refractivity contribution in [2.24, 2.45) is 0 Å². The van der Waals surface area contributed by atoms with Gasteiger partial charge in [0.15, 0.2) is 0 Å². The highest BCUT2D eigenvalue weighted by atomic mass is 16.3. The molecule has 2 aromatic heterocycles. The zero-order chi connectivity index (χ0) is 38.9. The van der Waals surface area contributed by atoms with Crippen molar-refractivity contribution in [3.63, 3.8) is 0 Å². The molecule has 3 nitrogen and oxygen atoms in total. The van der Waals surface area contributed by atoms with E-state index in [1.54, 1.807) is 0 Å². The quantitative estimate of drug-likeness (QED) is 0.169. The molecule has 276 valence electrons. The molecule has 0 aliphatic heterocycles. The molecule has 0 amide bonds. The van der Waals surface area contributed by atoms with Gasteiger partial charge in [-0.1, -0.05) is 146 Å². The van der Waals surface area contributed by atoms with E-state index in [2.05, 4.69) is 205 Å². The highest BCUT2D eigenvalue weighted by Gasteiger charge is 2.20. The molecule has 0 atom stereocenters. The summed E-state index contributed by atoms with van der Waals surface area (Å²) in [6.07, 6.45) is 0. The third-order valence-corrected chi connectivity index (χ3v) is 11.9. The number of anilines is 3. The summed E-state index contributed by atoms with van der Waals surface area (Å²) < 4.78 is 12.8. The molecule has 0 spiro atoms. The zero-order valence-corrected chi connectivity index (χ0v) is 32.0. The van der Waals surface area contributed by atoms with Crippen molar-refractivity contribution in [2.75, 3.05) is 4.90 Å². The maximum absolute atomic E-state index is 6.53. The predicted octanol–water partition coefficient (Wildman–Crippen LogP) is 16.3. The monoisotopic (exact) mass is 753 g/mol. The lowest BCUT2D eigenvalue weighted by atomic mass is 9.96. The molecule has 0 unspecified atom stereocenters. The van der Waals surface area contributed by atoms with Crippen LogP contribution >= 0.6 is 0 Å². The van der Waals surface area contributed by atoms with E-state index in [1.807, 2.05) is 12.1 Å². The maximum atomic E-state index is 6.53. The highest BCUT2D eigenvalue weighted by molar-refractivity contribution is 6.16. The van der Waals surface area contributed by atoms with Crippen LogP contribution in [-0.4, -0.2) is 0 Å². The topological polar surface area (TPSA) is 29.5 Å². The van der Waals surface area contributed by atoms with Gasteiger partial charge in [-0.2, -0.15) is 0 Å². The molecule has 2 heterocycles. The molecule has 0 aliphatic carbocycles. The summed E-state index contributed by atoms with van der Waals surface area (Å²) in [4.78, 5) is 2.39. The molecule has 0 saturated carbocycles. The molecule has 12 aromatic rings. The second kappa shape index (κ2) is 13.4. The largest absolute Gasteiger partial charge is 0.456 e. The van der Waals surface area contributed by atoms with Crippen molar-refractivity contribution >= 4 is 82.5 Å². The SMILES string of the molecule is c1cc(-c2cccc3ccccc23)cc(N(c2ccc(-c3ccc4c(c3)oc3ccccc34)cc2)c2ccccc2-c2ccc3oc4c5ccccc5ccc4c3c2)c1. The fraction of sp³-hybridized carbons (Fsp3) is 0. The Morgan fingerprint density at radius 3 is 1.81 bits per heavy atom. The first kappa shape index (κ1) is 33.3. The number of nitrogens with zero attached hydrogens (tertiary/aromatic N) is 1. The summed E-state index contributed by atoms with van der Waals surface area (Å²) in [6.45, 7) is 0. The fourth-order valence-corrected chi connectivity index (χ4v) is 9.01. The van der Waals surface area contributed by atoms with Crippen LogP contribution in [0.4, 0.5) is 17.1 Å². The maximum Gasteiger partial charge on any atom is 0.143 e. The minimum absolute atomic E-state index is 0.883. The Labute approximate surface area is 340 Å². The van der Waals surface area contributed by atoms with Gasteiger partial charge in [-0.3, -0.25) is 0 Å². The van der Waals surface area contributed by atoms with Gasteiger partial charge in [-0.05, 0) is 111 Å². The van der Waals surface area contributed by atoms with Crippen LogP contribution in [0.5, 0.6) is 0 Å². The first-order valence-corrected chi connectivity index (χ1v) is 20.1. The van der Waals surface area contributed by atoms with Crippen LogP contribution < -0.4 is 4.90 Å². The zero-order valence-electron chi connectivity index (χ0n) is 32.0. The Bertz CT molecular complexity index is 3570. The van der Waals surface area contributed by atoms with Gasteiger partial charge in [0.05, 0.1) is 5.69 Å². The fourth-order valence-electron chi connectivity index (χ4n) is 9.01. The van der Waals surface area contributed by atoms with Gasteiger partial charge in [0, 0.05) is 43.9 Å². The van der Waals surface area contributed by atoms with Crippen molar-refractivity contribution in [1.82, 2.24) is 0 Å². The Kier molecular flexibility index (Phi) is 7.54. The predicted molar refractivity (Wildman–Crippen MR) is 247 cm³/mol. The van der Waals surface area contributed by atoms with Crippen LogP contribution in [0, 0.1) is 0 Å². The van der Waals surface area contributed by atoms with Crippen molar-refractivity contribution in [1.29, 1.82) is 0 Å². The van der Waals surface area contributed by atoms with E-state index >= 15 is 0 Å². The Morgan fingerprint density at radius 2 is 0.915 bits per heavy atom. The number of hydrogen-bond donors (Lipinski definition) is 0. The average Bonchev–Trinajstić information content (AvgIpc) is 3.87. The Morgan fingerprint density at radius 1 is 0.288 bits per heavy atom. The molecule has 0 aliphatic rings. The van der Waals surface area contributed by atoms with Crippen LogP contribution in [0.15, 0.2) is 221 Å². The van der Waals surface area contributed by atoms with Crippen LogP contribution in [0.2, 0.25) is 0 Å². The summed E-state index contributed by atoms with van der Waals surface area (Å²) >= 11 is 0. The van der Waals surface area contributed by atoms with Crippen molar-refractivity contribution < 1.29 is 8.83 Å². The third kappa shape index (κ3) is 5.51. The smallest absolute Gasteiger partial charge is 0.143 e. The van der Waals surface area contributed by atoms with Crippen molar-refractivity contribution in [3.05, 3.63) is 212 Å². The number of benzene rings is 10. The van der Waals surface area contributed by atoms with Gasteiger partial charge < -0.3 is 13.7 Å². The summed E-state index contributed by atoms with van der Waals surface area (Å²) in [6, 6.07) is 75.9. The summed E-state index contributed by atoms with van der Waals surface area (Å²) in [5.74, 6) is 0. The number of rotatable bonds is 6. The van der Waals surface area contributed by atoms with Crippen LogP contribution in [0.25, 0.3) is 98.8 Å². The van der Waals surface area contributed by atoms with Gasteiger partial charge in [-0.15, -0.1) is 0 Å². The Hall–Kier alpha value is -7.88.